The van der Waals surface area contributed by atoms with Crippen LogP contribution in [0.2, 0.25) is 0 Å². The molecule has 1 unspecified atom stereocenters. The number of rotatable bonds is 8. The molecule has 0 fully saturated rings. The average molecular weight is 234 g/mol. The Morgan fingerprint density at radius 2 is 1.53 bits per heavy atom. The van der Waals surface area contributed by atoms with Crippen LogP contribution < -0.4 is 0 Å². The largest absolute Gasteiger partial charge is 0.376 e. The lowest BCUT2D eigenvalue weighted by molar-refractivity contribution is -0.0472. The molecular formula is C12H26O2S. The summed E-state index contributed by atoms with van der Waals surface area (Å²) < 4.78 is 11.4. The maximum atomic E-state index is 5.81. The maximum Gasteiger partial charge on any atom is 0.0902 e. The van der Waals surface area contributed by atoms with Gasteiger partial charge >= 0.3 is 0 Å². The highest BCUT2D eigenvalue weighted by Gasteiger charge is 2.13. The smallest absolute Gasteiger partial charge is 0.0902 e. The van der Waals surface area contributed by atoms with Crippen LogP contribution in [0.15, 0.2) is 0 Å². The van der Waals surface area contributed by atoms with Gasteiger partial charge in [0.15, 0.2) is 0 Å². The molecule has 0 saturated heterocycles. The van der Waals surface area contributed by atoms with Crippen LogP contribution in [0.3, 0.4) is 0 Å². The Morgan fingerprint density at radius 1 is 0.933 bits per heavy atom. The second kappa shape index (κ2) is 8.43. The monoisotopic (exact) mass is 234 g/mol. The fraction of sp³-hybridized carbons (Fsp3) is 1.00. The van der Waals surface area contributed by atoms with Crippen molar-refractivity contribution in [3.8, 4) is 0 Å². The summed E-state index contributed by atoms with van der Waals surface area (Å²) in [5.74, 6) is 1.02. The van der Waals surface area contributed by atoms with Crippen LogP contribution in [0.4, 0.5) is 0 Å². The van der Waals surface area contributed by atoms with Crippen LogP contribution in [-0.4, -0.2) is 35.9 Å². The van der Waals surface area contributed by atoms with E-state index in [9.17, 15) is 0 Å². The SMILES string of the molecule is CC(C)OCC(CSC(C)C)OC(C)C. The van der Waals surface area contributed by atoms with Crippen LogP contribution in [-0.2, 0) is 9.47 Å². The van der Waals surface area contributed by atoms with E-state index in [1.807, 2.05) is 11.8 Å². The van der Waals surface area contributed by atoms with Gasteiger partial charge in [-0.3, -0.25) is 0 Å². The first-order valence-electron chi connectivity index (χ1n) is 5.80. The molecule has 0 amide bonds. The Morgan fingerprint density at radius 3 is 1.93 bits per heavy atom. The minimum Gasteiger partial charge on any atom is -0.376 e. The highest BCUT2D eigenvalue weighted by molar-refractivity contribution is 7.99. The minimum atomic E-state index is 0.222. The van der Waals surface area contributed by atoms with Crippen molar-refractivity contribution in [3.63, 3.8) is 0 Å². The van der Waals surface area contributed by atoms with Crippen LogP contribution in [0.1, 0.15) is 41.5 Å². The van der Waals surface area contributed by atoms with E-state index in [-0.39, 0.29) is 18.3 Å². The summed E-state index contributed by atoms with van der Waals surface area (Å²) in [5.41, 5.74) is 0. The minimum absolute atomic E-state index is 0.222. The van der Waals surface area contributed by atoms with E-state index in [0.29, 0.717) is 11.9 Å². The van der Waals surface area contributed by atoms with Crippen molar-refractivity contribution in [3.05, 3.63) is 0 Å². The van der Waals surface area contributed by atoms with Crippen molar-refractivity contribution in [1.82, 2.24) is 0 Å². The summed E-state index contributed by atoms with van der Waals surface area (Å²) in [4.78, 5) is 0. The van der Waals surface area contributed by atoms with Crippen molar-refractivity contribution in [2.45, 2.75) is 65.1 Å². The van der Waals surface area contributed by atoms with E-state index >= 15 is 0 Å². The Kier molecular flexibility index (Phi) is 8.58. The summed E-state index contributed by atoms with van der Waals surface area (Å²) in [7, 11) is 0. The number of hydrogen-bond acceptors (Lipinski definition) is 3. The van der Waals surface area contributed by atoms with Crippen LogP contribution in [0, 0.1) is 0 Å². The molecule has 92 valence electrons. The molecule has 0 aromatic heterocycles. The lowest BCUT2D eigenvalue weighted by atomic mass is 10.4. The molecule has 3 heteroatoms. The van der Waals surface area contributed by atoms with E-state index < -0.39 is 0 Å². The van der Waals surface area contributed by atoms with Gasteiger partial charge in [0.2, 0.25) is 0 Å². The van der Waals surface area contributed by atoms with Gasteiger partial charge in [-0.2, -0.15) is 11.8 Å². The van der Waals surface area contributed by atoms with Gasteiger partial charge in [-0.25, -0.2) is 0 Å². The Balaban J connectivity index is 3.84. The van der Waals surface area contributed by atoms with Crippen LogP contribution >= 0.6 is 11.8 Å². The molecule has 0 saturated carbocycles. The summed E-state index contributed by atoms with van der Waals surface area (Å²) in [6, 6.07) is 0. The summed E-state index contributed by atoms with van der Waals surface area (Å²) in [6.45, 7) is 13.4. The molecule has 0 rings (SSSR count). The molecule has 2 nitrogen and oxygen atoms in total. The first-order chi connectivity index (χ1) is 6.91. The molecule has 0 aromatic carbocycles. The zero-order valence-corrected chi connectivity index (χ0v) is 11.8. The number of thioether (sulfide) groups is 1. The van der Waals surface area contributed by atoms with Crippen molar-refractivity contribution in [2.75, 3.05) is 12.4 Å². The lowest BCUT2D eigenvalue weighted by Crippen LogP contribution is -2.28. The molecule has 0 aliphatic carbocycles. The topological polar surface area (TPSA) is 18.5 Å². The van der Waals surface area contributed by atoms with Gasteiger partial charge in [0.05, 0.1) is 24.9 Å². The first kappa shape index (κ1) is 15.3. The van der Waals surface area contributed by atoms with Crippen LogP contribution in [0.25, 0.3) is 0 Å². The molecule has 0 aromatic rings. The Labute approximate surface area is 99.1 Å². The summed E-state index contributed by atoms with van der Waals surface area (Å²) in [5, 5.41) is 0.655. The molecular weight excluding hydrogens is 208 g/mol. The van der Waals surface area contributed by atoms with Gasteiger partial charge < -0.3 is 9.47 Å². The normalized spacial score (nSPS) is 14.2. The van der Waals surface area contributed by atoms with Gasteiger partial charge in [0, 0.05) is 5.75 Å². The number of hydrogen-bond donors (Lipinski definition) is 0. The second-order valence-electron chi connectivity index (χ2n) is 4.57. The van der Waals surface area contributed by atoms with Gasteiger partial charge in [-0.05, 0) is 32.9 Å². The molecule has 0 bridgehead atoms. The molecule has 0 heterocycles. The van der Waals surface area contributed by atoms with E-state index in [1.165, 1.54) is 0 Å². The molecule has 0 aliphatic rings. The third-order valence-electron chi connectivity index (χ3n) is 1.70. The predicted octanol–water partition coefficient (Wildman–Crippen LogP) is 3.35. The van der Waals surface area contributed by atoms with Gasteiger partial charge in [-0.1, -0.05) is 13.8 Å². The highest BCUT2D eigenvalue weighted by Crippen LogP contribution is 2.14. The predicted molar refractivity (Wildman–Crippen MR) is 68.7 cm³/mol. The third-order valence-corrected chi connectivity index (χ3v) is 2.93. The van der Waals surface area contributed by atoms with Crippen LogP contribution in [0.5, 0.6) is 0 Å². The third kappa shape index (κ3) is 10.6. The average Bonchev–Trinajstić information content (AvgIpc) is 2.08. The zero-order valence-electron chi connectivity index (χ0n) is 10.9. The van der Waals surface area contributed by atoms with Gasteiger partial charge in [-0.15, -0.1) is 0 Å². The maximum absolute atomic E-state index is 5.81. The quantitative estimate of drug-likeness (QED) is 0.642. The second-order valence-corrected chi connectivity index (χ2v) is 6.18. The molecule has 1 atom stereocenters. The van der Waals surface area contributed by atoms with Crippen molar-refractivity contribution in [2.24, 2.45) is 0 Å². The van der Waals surface area contributed by atoms with Gasteiger partial charge in [0.25, 0.3) is 0 Å². The Hall–Kier alpha value is 0.270. The summed E-state index contributed by atoms with van der Waals surface area (Å²) >= 11 is 1.93. The van der Waals surface area contributed by atoms with E-state index in [1.54, 1.807) is 0 Å². The van der Waals surface area contributed by atoms with Crippen molar-refractivity contribution >= 4 is 11.8 Å². The lowest BCUT2D eigenvalue weighted by Gasteiger charge is -2.22. The molecule has 0 spiro atoms. The fourth-order valence-electron chi connectivity index (χ4n) is 1.11. The highest BCUT2D eigenvalue weighted by atomic mass is 32.2. The van der Waals surface area contributed by atoms with E-state index in [4.69, 9.17) is 9.47 Å². The molecule has 0 radical (unpaired) electrons. The van der Waals surface area contributed by atoms with E-state index in [0.717, 1.165) is 5.75 Å². The van der Waals surface area contributed by atoms with Crippen molar-refractivity contribution < 1.29 is 9.47 Å². The molecule has 0 aliphatic heterocycles. The standard InChI is InChI=1S/C12H26O2S/c1-9(2)13-7-12(14-10(3)4)8-15-11(5)6/h9-12H,7-8H2,1-6H3. The first-order valence-corrected chi connectivity index (χ1v) is 6.85. The summed E-state index contributed by atoms with van der Waals surface area (Å²) in [6.07, 6.45) is 0.783. The zero-order chi connectivity index (χ0) is 11.8. The fourth-order valence-corrected chi connectivity index (χ4v) is 1.89. The van der Waals surface area contributed by atoms with E-state index in [2.05, 4.69) is 41.5 Å². The molecule has 15 heavy (non-hydrogen) atoms. The number of ether oxygens (including phenoxy) is 2. The Bertz CT molecular complexity index is 135. The van der Waals surface area contributed by atoms with Gasteiger partial charge in [0.1, 0.15) is 0 Å². The molecule has 0 N–H and O–H groups in total. The van der Waals surface area contributed by atoms with Crippen molar-refractivity contribution in [1.29, 1.82) is 0 Å².